The van der Waals surface area contributed by atoms with Crippen LogP contribution in [0.4, 0.5) is 0 Å². The average Bonchev–Trinajstić information content (AvgIpc) is 2.39. The van der Waals surface area contributed by atoms with E-state index in [0.29, 0.717) is 24.5 Å². The van der Waals surface area contributed by atoms with Crippen molar-refractivity contribution in [1.82, 2.24) is 4.31 Å². The predicted octanol–water partition coefficient (Wildman–Crippen LogP) is 1.19. The fourth-order valence-electron chi connectivity index (χ4n) is 1.99. The lowest BCUT2D eigenvalue weighted by atomic mass is 10.1. The molecule has 100 valence electrons. The number of aryl methyl sites for hydroxylation is 1. The molecule has 0 unspecified atom stereocenters. The van der Waals surface area contributed by atoms with Crippen LogP contribution in [0.2, 0.25) is 0 Å². The zero-order chi connectivity index (χ0) is 13.2. The molecule has 0 saturated carbocycles. The molecule has 1 heterocycles. The van der Waals surface area contributed by atoms with Crippen molar-refractivity contribution < 1.29 is 8.42 Å². The molecule has 1 aliphatic heterocycles. The van der Waals surface area contributed by atoms with E-state index < -0.39 is 10.0 Å². The van der Waals surface area contributed by atoms with E-state index in [1.54, 1.807) is 34.3 Å². The molecule has 0 aliphatic carbocycles. The number of rotatable bonds is 3. The highest BCUT2D eigenvalue weighted by Gasteiger charge is 2.26. The number of nitrogens with zero attached hydrogens (tertiary/aromatic N) is 1. The number of nitrogens with two attached hydrogens (primary N) is 1. The van der Waals surface area contributed by atoms with E-state index in [2.05, 4.69) is 0 Å². The van der Waals surface area contributed by atoms with E-state index in [1.807, 2.05) is 6.92 Å². The minimum absolute atomic E-state index is 0.379. The van der Waals surface area contributed by atoms with Crippen molar-refractivity contribution in [3.63, 3.8) is 0 Å². The molecule has 0 spiro atoms. The Kier molecular flexibility index (Phi) is 4.32. The van der Waals surface area contributed by atoms with Crippen LogP contribution in [0.1, 0.15) is 11.1 Å². The molecule has 2 N–H and O–H groups in total. The van der Waals surface area contributed by atoms with Gasteiger partial charge in [-0.1, -0.05) is 6.07 Å². The number of hydrogen-bond acceptors (Lipinski definition) is 4. The second-order valence-corrected chi connectivity index (χ2v) is 7.47. The molecule has 18 heavy (non-hydrogen) atoms. The van der Waals surface area contributed by atoms with Gasteiger partial charge in [-0.25, -0.2) is 8.42 Å². The monoisotopic (exact) mass is 286 g/mol. The maximum absolute atomic E-state index is 12.4. The van der Waals surface area contributed by atoms with Crippen molar-refractivity contribution >= 4 is 21.8 Å². The van der Waals surface area contributed by atoms with Crippen LogP contribution < -0.4 is 5.73 Å². The Hall–Kier alpha value is -0.560. The zero-order valence-electron chi connectivity index (χ0n) is 10.4. The summed E-state index contributed by atoms with van der Waals surface area (Å²) >= 11 is 1.80. The first kappa shape index (κ1) is 13.9. The molecule has 0 bridgehead atoms. The molecule has 1 saturated heterocycles. The van der Waals surface area contributed by atoms with Gasteiger partial charge in [0, 0.05) is 31.1 Å². The Balaban J connectivity index is 2.32. The minimum Gasteiger partial charge on any atom is -0.326 e. The highest BCUT2D eigenvalue weighted by molar-refractivity contribution is 7.99. The van der Waals surface area contributed by atoms with Crippen molar-refractivity contribution in [2.75, 3.05) is 24.6 Å². The van der Waals surface area contributed by atoms with Crippen LogP contribution in [-0.4, -0.2) is 37.3 Å². The number of hydrogen-bond donors (Lipinski definition) is 1. The summed E-state index contributed by atoms with van der Waals surface area (Å²) in [4.78, 5) is 0.379. The van der Waals surface area contributed by atoms with Crippen LogP contribution in [0, 0.1) is 6.92 Å². The van der Waals surface area contributed by atoms with E-state index >= 15 is 0 Å². The summed E-state index contributed by atoms with van der Waals surface area (Å²) in [5.41, 5.74) is 7.51. The van der Waals surface area contributed by atoms with Crippen LogP contribution in [0.15, 0.2) is 23.1 Å². The van der Waals surface area contributed by atoms with Gasteiger partial charge in [0.25, 0.3) is 0 Å². The molecular formula is C12H18N2O2S2. The van der Waals surface area contributed by atoms with Gasteiger partial charge in [0.15, 0.2) is 0 Å². The van der Waals surface area contributed by atoms with Crippen LogP contribution in [0.25, 0.3) is 0 Å². The molecule has 2 rings (SSSR count). The van der Waals surface area contributed by atoms with Gasteiger partial charge in [0.1, 0.15) is 0 Å². The summed E-state index contributed by atoms with van der Waals surface area (Å²) in [6.07, 6.45) is 0. The fourth-order valence-corrected chi connectivity index (χ4v) is 4.66. The van der Waals surface area contributed by atoms with Gasteiger partial charge in [-0.2, -0.15) is 16.1 Å². The smallest absolute Gasteiger partial charge is 0.243 e. The normalized spacial score (nSPS) is 17.9. The third-order valence-corrected chi connectivity index (χ3v) is 5.98. The lowest BCUT2D eigenvalue weighted by Gasteiger charge is -2.25. The van der Waals surface area contributed by atoms with E-state index in [0.717, 1.165) is 22.6 Å². The SMILES string of the molecule is Cc1cc(S(=O)(=O)N2CCSCC2)ccc1CN. The first-order valence-corrected chi connectivity index (χ1v) is 8.52. The number of benzene rings is 1. The first-order valence-electron chi connectivity index (χ1n) is 5.93. The Bertz CT molecular complexity index is 523. The lowest BCUT2D eigenvalue weighted by molar-refractivity contribution is 0.443. The van der Waals surface area contributed by atoms with Crippen LogP contribution in [0.5, 0.6) is 0 Å². The topological polar surface area (TPSA) is 63.4 Å². The Morgan fingerprint density at radius 3 is 2.56 bits per heavy atom. The second kappa shape index (κ2) is 5.61. The van der Waals surface area contributed by atoms with Crippen molar-refractivity contribution in [2.24, 2.45) is 5.73 Å². The molecule has 1 aromatic carbocycles. The van der Waals surface area contributed by atoms with Crippen molar-refractivity contribution in [3.8, 4) is 0 Å². The van der Waals surface area contributed by atoms with Crippen LogP contribution in [-0.2, 0) is 16.6 Å². The molecule has 1 aromatic rings. The maximum Gasteiger partial charge on any atom is 0.243 e. The molecule has 4 nitrogen and oxygen atoms in total. The molecule has 0 radical (unpaired) electrons. The van der Waals surface area contributed by atoms with E-state index in [-0.39, 0.29) is 0 Å². The van der Waals surface area contributed by atoms with Gasteiger partial charge in [0.05, 0.1) is 4.90 Å². The van der Waals surface area contributed by atoms with Gasteiger partial charge in [-0.3, -0.25) is 0 Å². The molecular weight excluding hydrogens is 268 g/mol. The number of sulfonamides is 1. The summed E-state index contributed by atoms with van der Waals surface area (Å²) in [5.74, 6) is 1.75. The molecule has 1 fully saturated rings. The van der Waals surface area contributed by atoms with Gasteiger partial charge < -0.3 is 5.73 Å². The first-order chi connectivity index (χ1) is 8.55. The molecule has 0 amide bonds. The van der Waals surface area contributed by atoms with Crippen LogP contribution in [0.3, 0.4) is 0 Å². The number of thioether (sulfide) groups is 1. The van der Waals surface area contributed by atoms with E-state index in [9.17, 15) is 8.42 Å². The van der Waals surface area contributed by atoms with Crippen molar-refractivity contribution in [1.29, 1.82) is 0 Å². The lowest BCUT2D eigenvalue weighted by Crippen LogP contribution is -2.37. The molecule has 6 heteroatoms. The summed E-state index contributed by atoms with van der Waals surface area (Å²) in [6.45, 7) is 3.54. The maximum atomic E-state index is 12.4. The van der Waals surface area contributed by atoms with Crippen molar-refractivity contribution in [2.45, 2.75) is 18.4 Å². The summed E-state index contributed by atoms with van der Waals surface area (Å²) in [6, 6.07) is 5.19. The predicted molar refractivity (Wildman–Crippen MR) is 75.2 cm³/mol. The van der Waals surface area contributed by atoms with Gasteiger partial charge in [0.2, 0.25) is 10.0 Å². The highest BCUT2D eigenvalue weighted by Crippen LogP contribution is 2.22. The quantitative estimate of drug-likeness (QED) is 0.906. The highest BCUT2D eigenvalue weighted by atomic mass is 32.2. The van der Waals surface area contributed by atoms with Gasteiger partial charge >= 0.3 is 0 Å². The fraction of sp³-hybridized carbons (Fsp3) is 0.500. The standard InChI is InChI=1S/C12H18N2O2S2/c1-10-8-12(3-2-11(10)9-13)18(15,16)14-4-6-17-7-5-14/h2-3,8H,4-7,9,13H2,1H3. The van der Waals surface area contributed by atoms with Gasteiger partial charge in [-0.05, 0) is 30.2 Å². The van der Waals surface area contributed by atoms with Crippen molar-refractivity contribution in [3.05, 3.63) is 29.3 Å². The molecule has 0 aromatic heterocycles. The minimum atomic E-state index is -3.33. The third kappa shape index (κ3) is 2.71. The Labute approximate surface area is 113 Å². The Morgan fingerprint density at radius 2 is 2.00 bits per heavy atom. The van der Waals surface area contributed by atoms with Crippen LogP contribution >= 0.6 is 11.8 Å². The second-order valence-electron chi connectivity index (χ2n) is 4.31. The zero-order valence-corrected chi connectivity index (χ0v) is 12.1. The Morgan fingerprint density at radius 1 is 1.33 bits per heavy atom. The molecule has 0 atom stereocenters. The summed E-state index contributed by atoms with van der Waals surface area (Å²) in [7, 11) is -3.33. The van der Waals surface area contributed by atoms with Gasteiger partial charge in [-0.15, -0.1) is 0 Å². The molecule has 1 aliphatic rings. The van der Waals surface area contributed by atoms with E-state index in [4.69, 9.17) is 5.73 Å². The summed E-state index contributed by atoms with van der Waals surface area (Å²) < 4.78 is 26.4. The summed E-state index contributed by atoms with van der Waals surface area (Å²) in [5, 5.41) is 0. The third-order valence-electron chi connectivity index (χ3n) is 3.14. The van der Waals surface area contributed by atoms with E-state index in [1.165, 1.54) is 0 Å². The average molecular weight is 286 g/mol. The largest absolute Gasteiger partial charge is 0.326 e.